The third-order valence-corrected chi connectivity index (χ3v) is 3.68. The van der Waals surface area contributed by atoms with Gasteiger partial charge < -0.3 is 4.98 Å². The molecule has 0 atom stereocenters. The summed E-state index contributed by atoms with van der Waals surface area (Å²) in [6.07, 6.45) is 6.25. The standard InChI is InChI=1S/C13H18N2OS/c1-9(2)7-8-17-13-14-11-6-4-3-5-10(11)12(16)15-13/h7H,3-6,8H2,1-2H3,(H,14,15,16). The van der Waals surface area contributed by atoms with E-state index < -0.39 is 0 Å². The largest absolute Gasteiger partial charge is 0.301 e. The first-order valence-corrected chi connectivity index (χ1v) is 7.03. The minimum Gasteiger partial charge on any atom is -0.301 e. The third-order valence-electron chi connectivity index (χ3n) is 2.88. The maximum Gasteiger partial charge on any atom is 0.254 e. The van der Waals surface area contributed by atoms with E-state index in [9.17, 15) is 4.79 Å². The highest BCUT2D eigenvalue weighted by molar-refractivity contribution is 7.99. The summed E-state index contributed by atoms with van der Waals surface area (Å²) in [6, 6.07) is 0. The quantitative estimate of drug-likeness (QED) is 0.509. The Morgan fingerprint density at radius 2 is 2.18 bits per heavy atom. The summed E-state index contributed by atoms with van der Waals surface area (Å²) in [6.45, 7) is 4.15. The van der Waals surface area contributed by atoms with Crippen LogP contribution in [0, 0.1) is 0 Å². The fourth-order valence-corrected chi connectivity index (χ4v) is 2.85. The molecule has 3 nitrogen and oxygen atoms in total. The summed E-state index contributed by atoms with van der Waals surface area (Å²) in [4.78, 5) is 19.3. The van der Waals surface area contributed by atoms with Crippen molar-refractivity contribution in [3.8, 4) is 0 Å². The monoisotopic (exact) mass is 250 g/mol. The molecule has 1 aliphatic carbocycles. The van der Waals surface area contributed by atoms with E-state index in [4.69, 9.17) is 0 Å². The number of nitrogens with zero attached hydrogens (tertiary/aromatic N) is 1. The van der Waals surface area contributed by atoms with Crippen LogP contribution in [0.1, 0.15) is 37.9 Å². The molecule has 1 heterocycles. The SMILES string of the molecule is CC(C)=CCSc1nc2c(c(=O)[nH]1)CCCC2. The lowest BCUT2D eigenvalue weighted by atomic mass is 9.97. The Labute approximate surface area is 106 Å². The first kappa shape index (κ1) is 12.4. The fourth-order valence-electron chi connectivity index (χ4n) is 1.94. The Balaban J connectivity index is 2.17. The number of hydrogen-bond donors (Lipinski definition) is 1. The lowest BCUT2D eigenvalue weighted by molar-refractivity contribution is 0.641. The van der Waals surface area contributed by atoms with Crippen molar-refractivity contribution in [2.45, 2.75) is 44.7 Å². The Kier molecular flexibility index (Phi) is 4.05. The van der Waals surface area contributed by atoms with E-state index in [1.807, 2.05) is 0 Å². The number of aryl methyl sites for hydroxylation is 1. The summed E-state index contributed by atoms with van der Waals surface area (Å²) < 4.78 is 0. The van der Waals surface area contributed by atoms with Crippen molar-refractivity contribution in [1.82, 2.24) is 9.97 Å². The van der Waals surface area contributed by atoms with Gasteiger partial charge in [0.05, 0.1) is 5.69 Å². The Morgan fingerprint density at radius 1 is 1.41 bits per heavy atom. The van der Waals surface area contributed by atoms with Gasteiger partial charge in [-0.2, -0.15) is 0 Å². The summed E-state index contributed by atoms with van der Waals surface area (Å²) in [7, 11) is 0. The van der Waals surface area contributed by atoms with E-state index in [2.05, 4.69) is 29.9 Å². The van der Waals surface area contributed by atoms with Gasteiger partial charge in [0.25, 0.3) is 5.56 Å². The van der Waals surface area contributed by atoms with Gasteiger partial charge in [-0.25, -0.2) is 4.98 Å². The van der Waals surface area contributed by atoms with Gasteiger partial charge in [-0.3, -0.25) is 4.79 Å². The van der Waals surface area contributed by atoms with Gasteiger partial charge in [-0.15, -0.1) is 0 Å². The Hall–Kier alpha value is -1.03. The lowest BCUT2D eigenvalue weighted by Crippen LogP contribution is -2.21. The molecule has 0 aromatic carbocycles. The van der Waals surface area contributed by atoms with E-state index in [0.29, 0.717) is 0 Å². The molecule has 0 saturated heterocycles. The van der Waals surface area contributed by atoms with E-state index in [1.165, 1.54) is 5.57 Å². The second-order valence-corrected chi connectivity index (χ2v) is 5.60. The van der Waals surface area contributed by atoms with Crippen molar-refractivity contribution in [3.63, 3.8) is 0 Å². The third kappa shape index (κ3) is 3.22. The molecule has 1 aromatic rings. The molecule has 1 aliphatic rings. The molecule has 0 spiro atoms. The molecule has 2 rings (SSSR count). The summed E-state index contributed by atoms with van der Waals surface area (Å²) >= 11 is 1.59. The minimum atomic E-state index is 0.0643. The lowest BCUT2D eigenvalue weighted by Gasteiger charge is -2.13. The van der Waals surface area contributed by atoms with Crippen LogP contribution in [0.4, 0.5) is 0 Å². The highest BCUT2D eigenvalue weighted by Gasteiger charge is 2.15. The molecule has 0 aliphatic heterocycles. The second-order valence-electron chi connectivity index (χ2n) is 4.60. The number of aromatic nitrogens is 2. The van der Waals surface area contributed by atoms with Crippen molar-refractivity contribution in [2.75, 3.05) is 5.75 Å². The predicted molar refractivity (Wildman–Crippen MR) is 71.7 cm³/mol. The van der Waals surface area contributed by atoms with Crippen molar-refractivity contribution in [3.05, 3.63) is 33.3 Å². The molecule has 0 bridgehead atoms. The number of allylic oxidation sites excluding steroid dienone is 1. The molecule has 0 amide bonds. The van der Waals surface area contributed by atoms with E-state index in [-0.39, 0.29) is 5.56 Å². The molecule has 17 heavy (non-hydrogen) atoms. The van der Waals surface area contributed by atoms with Gasteiger partial charge in [0, 0.05) is 11.3 Å². The van der Waals surface area contributed by atoms with Gasteiger partial charge in [0.1, 0.15) is 0 Å². The Morgan fingerprint density at radius 3 is 2.94 bits per heavy atom. The topological polar surface area (TPSA) is 45.8 Å². The van der Waals surface area contributed by atoms with Crippen molar-refractivity contribution >= 4 is 11.8 Å². The van der Waals surface area contributed by atoms with Gasteiger partial charge >= 0.3 is 0 Å². The molecule has 0 unspecified atom stereocenters. The number of nitrogens with one attached hydrogen (secondary N) is 1. The number of rotatable bonds is 3. The van der Waals surface area contributed by atoms with Gasteiger partial charge in [-0.05, 0) is 39.5 Å². The first-order valence-electron chi connectivity index (χ1n) is 6.05. The highest BCUT2D eigenvalue weighted by Crippen LogP contribution is 2.19. The molecule has 1 aromatic heterocycles. The van der Waals surface area contributed by atoms with Crippen LogP contribution in [-0.4, -0.2) is 15.7 Å². The van der Waals surface area contributed by atoms with Crippen LogP contribution in [0.15, 0.2) is 21.6 Å². The fraction of sp³-hybridized carbons (Fsp3) is 0.538. The van der Waals surface area contributed by atoms with Crippen LogP contribution in [0.5, 0.6) is 0 Å². The summed E-state index contributed by atoms with van der Waals surface area (Å²) in [5.74, 6) is 0.865. The van der Waals surface area contributed by atoms with Crippen LogP contribution < -0.4 is 5.56 Å². The number of thioether (sulfide) groups is 1. The zero-order valence-corrected chi connectivity index (χ0v) is 11.2. The van der Waals surface area contributed by atoms with E-state index in [0.717, 1.165) is 47.8 Å². The van der Waals surface area contributed by atoms with Gasteiger partial charge in [-0.1, -0.05) is 23.4 Å². The number of H-pyrrole nitrogens is 1. The molecule has 1 N–H and O–H groups in total. The number of aromatic amines is 1. The van der Waals surface area contributed by atoms with E-state index >= 15 is 0 Å². The summed E-state index contributed by atoms with van der Waals surface area (Å²) in [5, 5.41) is 0.758. The van der Waals surface area contributed by atoms with Crippen LogP contribution in [0.25, 0.3) is 0 Å². The van der Waals surface area contributed by atoms with Crippen molar-refractivity contribution < 1.29 is 0 Å². The zero-order valence-electron chi connectivity index (χ0n) is 10.4. The number of hydrogen-bond acceptors (Lipinski definition) is 3. The maximum absolute atomic E-state index is 11.9. The van der Waals surface area contributed by atoms with Gasteiger partial charge in [0.15, 0.2) is 5.16 Å². The number of fused-ring (bicyclic) bond motifs is 1. The molecular weight excluding hydrogens is 232 g/mol. The molecular formula is C13H18N2OS. The Bertz CT molecular complexity index is 487. The zero-order chi connectivity index (χ0) is 12.3. The van der Waals surface area contributed by atoms with E-state index in [1.54, 1.807) is 11.8 Å². The molecule has 4 heteroatoms. The normalized spacial score (nSPS) is 14.2. The van der Waals surface area contributed by atoms with Crippen LogP contribution >= 0.6 is 11.8 Å². The van der Waals surface area contributed by atoms with Gasteiger partial charge in [0.2, 0.25) is 0 Å². The average Bonchev–Trinajstić information content (AvgIpc) is 2.28. The maximum atomic E-state index is 11.9. The molecule has 0 fully saturated rings. The molecule has 92 valence electrons. The smallest absolute Gasteiger partial charge is 0.254 e. The second kappa shape index (κ2) is 5.54. The molecule has 0 radical (unpaired) electrons. The van der Waals surface area contributed by atoms with Crippen LogP contribution in [0.2, 0.25) is 0 Å². The predicted octanol–water partition coefficient (Wildman–Crippen LogP) is 2.71. The highest BCUT2D eigenvalue weighted by atomic mass is 32.2. The summed E-state index contributed by atoms with van der Waals surface area (Å²) in [5.41, 5.74) is 3.27. The minimum absolute atomic E-state index is 0.0643. The molecule has 0 saturated carbocycles. The first-order chi connectivity index (χ1) is 8.16. The average molecular weight is 250 g/mol. The van der Waals surface area contributed by atoms with Crippen molar-refractivity contribution in [1.29, 1.82) is 0 Å². The van der Waals surface area contributed by atoms with Crippen LogP contribution in [0.3, 0.4) is 0 Å². The van der Waals surface area contributed by atoms with Crippen LogP contribution in [-0.2, 0) is 12.8 Å². The van der Waals surface area contributed by atoms with Crippen molar-refractivity contribution in [2.24, 2.45) is 0 Å².